The maximum Gasteiger partial charge on any atom is 0.243 e. The summed E-state index contributed by atoms with van der Waals surface area (Å²) < 4.78 is 38.7. The lowest BCUT2D eigenvalue weighted by molar-refractivity contribution is -0.115. The Morgan fingerprint density at radius 1 is 1.09 bits per heavy atom. The summed E-state index contributed by atoms with van der Waals surface area (Å²) in [4.78, 5) is 13.0. The molecule has 8 heteroatoms. The molecular formula is C24H30N2O5S. The SMILES string of the molecule is CC(C)Oc1ccc(S(=O)(=O)N2CCOCC2)cc1NC(=O)Cc1ccc2c(c1)CCC2. The topological polar surface area (TPSA) is 84.9 Å². The summed E-state index contributed by atoms with van der Waals surface area (Å²) in [5.74, 6) is 0.237. The molecule has 4 rings (SSSR count). The summed E-state index contributed by atoms with van der Waals surface area (Å²) in [7, 11) is -3.68. The minimum atomic E-state index is -3.68. The molecule has 0 bridgehead atoms. The number of sulfonamides is 1. The van der Waals surface area contributed by atoms with Crippen LogP contribution in [0.15, 0.2) is 41.3 Å². The number of nitrogens with zero attached hydrogens (tertiary/aromatic N) is 1. The maximum absolute atomic E-state index is 13.1. The molecule has 0 aromatic heterocycles. The third-order valence-corrected chi connectivity index (χ3v) is 7.62. The number of carbonyl (C=O) groups is 1. The van der Waals surface area contributed by atoms with Crippen LogP contribution in [-0.2, 0) is 38.8 Å². The lowest BCUT2D eigenvalue weighted by Crippen LogP contribution is -2.40. The Kier molecular flexibility index (Phi) is 6.83. The molecule has 1 saturated heterocycles. The molecule has 0 radical (unpaired) electrons. The summed E-state index contributed by atoms with van der Waals surface area (Å²) in [6, 6.07) is 10.8. The van der Waals surface area contributed by atoms with Crippen molar-refractivity contribution in [2.24, 2.45) is 0 Å². The highest BCUT2D eigenvalue weighted by Crippen LogP contribution is 2.31. The fraction of sp³-hybridized carbons (Fsp3) is 0.458. The van der Waals surface area contributed by atoms with E-state index < -0.39 is 10.0 Å². The van der Waals surface area contributed by atoms with Gasteiger partial charge in [-0.1, -0.05) is 18.2 Å². The van der Waals surface area contributed by atoms with Crippen molar-refractivity contribution in [2.75, 3.05) is 31.6 Å². The van der Waals surface area contributed by atoms with E-state index in [4.69, 9.17) is 9.47 Å². The number of hydrogen-bond acceptors (Lipinski definition) is 5. The number of ether oxygens (including phenoxy) is 2. The van der Waals surface area contributed by atoms with Crippen LogP contribution in [0.25, 0.3) is 0 Å². The Morgan fingerprint density at radius 3 is 2.59 bits per heavy atom. The fourth-order valence-corrected chi connectivity index (χ4v) is 5.61. The summed E-state index contributed by atoms with van der Waals surface area (Å²) in [6.07, 6.45) is 3.41. The van der Waals surface area contributed by atoms with Crippen molar-refractivity contribution in [3.8, 4) is 5.75 Å². The van der Waals surface area contributed by atoms with Crippen LogP contribution in [0.4, 0.5) is 5.69 Å². The average Bonchev–Trinajstić information content (AvgIpc) is 3.23. The van der Waals surface area contributed by atoms with Crippen molar-refractivity contribution in [3.05, 3.63) is 53.1 Å². The normalized spacial score (nSPS) is 16.7. The molecule has 2 aromatic rings. The minimum Gasteiger partial charge on any atom is -0.489 e. The van der Waals surface area contributed by atoms with E-state index in [1.165, 1.54) is 27.6 Å². The van der Waals surface area contributed by atoms with Crippen LogP contribution in [0.5, 0.6) is 5.75 Å². The van der Waals surface area contributed by atoms with Gasteiger partial charge < -0.3 is 14.8 Å². The second kappa shape index (κ2) is 9.60. The van der Waals surface area contributed by atoms with Gasteiger partial charge in [0.05, 0.1) is 36.3 Å². The molecule has 0 atom stereocenters. The number of morpholine rings is 1. The van der Waals surface area contributed by atoms with Crippen LogP contribution in [-0.4, -0.2) is 51.0 Å². The molecule has 1 amide bonds. The molecule has 2 aliphatic rings. The summed E-state index contributed by atoms with van der Waals surface area (Å²) >= 11 is 0. The third-order valence-electron chi connectivity index (χ3n) is 5.72. The van der Waals surface area contributed by atoms with Crippen molar-refractivity contribution in [3.63, 3.8) is 0 Å². The number of hydrogen-bond donors (Lipinski definition) is 1. The van der Waals surface area contributed by atoms with Gasteiger partial charge in [-0.3, -0.25) is 4.79 Å². The molecule has 0 saturated carbocycles. The standard InChI is InChI=1S/C24H30N2O5S/c1-17(2)31-23-9-8-21(32(28,29)26-10-12-30-13-11-26)16-22(23)25-24(27)15-18-6-7-19-4-3-5-20(19)14-18/h6-9,14,16-17H,3-5,10-13,15H2,1-2H3,(H,25,27). The van der Waals surface area contributed by atoms with Crippen molar-refractivity contribution in [1.29, 1.82) is 0 Å². The predicted molar refractivity (Wildman–Crippen MR) is 123 cm³/mol. The number of amides is 1. The van der Waals surface area contributed by atoms with Gasteiger partial charge >= 0.3 is 0 Å². The van der Waals surface area contributed by atoms with Gasteiger partial charge in [0.2, 0.25) is 15.9 Å². The summed E-state index contributed by atoms with van der Waals surface area (Å²) in [5, 5.41) is 2.88. The molecule has 172 valence electrons. The molecule has 32 heavy (non-hydrogen) atoms. The van der Waals surface area contributed by atoms with Gasteiger partial charge in [-0.05, 0) is 68.0 Å². The van der Waals surface area contributed by atoms with Gasteiger partial charge in [0, 0.05) is 13.1 Å². The molecule has 7 nitrogen and oxygen atoms in total. The van der Waals surface area contributed by atoms with Crippen LogP contribution in [0, 0.1) is 0 Å². The number of rotatable bonds is 7. The summed E-state index contributed by atoms with van der Waals surface area (Å²) in [6.45, 7) is 5.14. The van der Waals surface area contributed by atoms with E-state index in [0.29, 0.717) is 37.7 Å². The van der Waals surface area contributed by atoms with Gasteiger partial charge in [-0.2, -0.15) is 4.31 Å². The number of carbonyl (C=O) groups excluding carboxylic acids is 1. The number of aryl methyl sites for hydroxylation is 2. The van der Waals surface area contributed by atoms with Gasteiger partial charge in [0.15, 0.2) is 0 Å². The Bertz CT molecular complexity index is 1090. The van der Waals surface area contributed by atoms with Gasteiger partial charge in [-0.25, -0.2) is 8.42 Å². The summed E-state index contributed by atoms with van der Waals surface area (Å²) in [5.41, 5.74) is 3.99. The highest BCUT2D eigenvalue weighted by atomic mass is 32.2. The largest absolute Gasteiger partial charge is 0.489 e. The molecule has 1 heterocycles. The molecule has 1 aliphatic carbocycles. The Labute approximate surface area is 189 Å². The van der Waals surface area contributed by atoms with E-state index in [0.717, 1.165) is 24.8 Å². The van der Waals surface area contributed by atoms with Crippen LogP contribution in [0.2, 0.25) is 0 Å². The Balaban J connectivity index is 1.56. The first-order chi connectivity index (χ1) is 15.3. The lowest BCUT2D eigenvalue weighted by Gasteiger charge is -2.26. The van der Waals surface area contributed by atoms with E-state index in [9.17, 15) is 13.2 Å². The van der Waals surface area contributed by atoms with Crippen LogP contribution in [0.3, 0.4) is 0 Å². The average molecular weight is 459 g/mol. The van der Waals surface area contributed by atoms with Crippen molar-refractivity contribution < 1.29 is 22.7 Å². The molecule has 1 aliphatic heterocycles. The molecule has 0 spiro atoms. The number of anilines is 1. The number of nitrogens with one attached hydrogen (secondary N) is 1. The first kappa shape index (κ1) is 22.8. The second-order valence-corrected chi connectivity index (χ2v) is 10.5. The highest BCUT2D eigenvalue weighted by Gasteiger charge is 2.27. The molecular weight excluding hydrogens is 428 g/mol. The molecule has 2 aromatic carbocycles. The van der Waals surface area contributed by atoms with Crippen molar-refractivity contribution in [2.45, 2.75) is 50.5 Å². The maximum atomic E-state index is 13.1. The van der Waals surface area contributed by atoms with E-state index in [1.54, 1.807) is 6.07 Å². The first-order valence-electron chi connectivity index (χ1n) is 11.1. The Morgan fingerprint density at radius 2 is 1.84 bits per heavy atom. The fourth-order valence-electron chi connectivity index (χ4n) is 4.17. The zero-order valence-corrected chi connectivity index (χ0v) is 19.4. The number of benzene rings is 2. The Hall–Kier alpha value is -2.42. The quantitative estimate of drug-likeness (QED) is 0.689. The van der Waals surface area contributed by atoms with Crippen LogP contribution >= 0.6 is 0 Å². The zero-order chi connectivity index (χ0) is 22.7. The van der Waals surface area contributed by atoms with E-state index in [1.807, 2.05) is 19.9 Å². The minimum absolute atomic E-state index is 0.121. The molecule has 1 N–H and O–H groups in total. The first-order valence-corrected chi connectivity index (χ1v) is 12.6. The van der Waals surface area contributed by atoms with E-state index >= 15 is 0 Å². The molecule has 0 unspecified atom stereocenters. The van der Waals surface area contributed by atoms with Gasteiger partial charge in [-0.15, -0.1) is 0 Å². The highest BCUT2D eigenvalue weighted by molar-refractivity contribution is 7.89. The van der Waals surface area contributed by atoms with E-state index in [2.05, 4.69) is 17.4 Å². The van der Waals surface area contributed by atoms with Gasteiger partial charge in [0.1, 0.15) is 5.75 Å². The zero-order valence-electron chi connectivity index (χ0n) is 18.6. The van der Waals surface area contributed by atoms with Crippen LogP contribution in [0.1, 0.15) is 37.0 Å². The molecule has 1 fully saturated rings. The van der Waals surface area contributed by atoms with Crippen molar-refractivity contribution in [1.82, 2.24) is 4.31 Å². The van der Waals surface area contributed by atoms with Crippen molar-refractivity contribution >= 4 is 21.6 Å². The monoisotopic (exact) mass is 458 g/mol. The number of fused-ring (bicyclic) bond motifs is 1. The lowest BCUT2D eigenvalue weighted by atomic mass is 10.0. The second-order valence-electron chi connectivity index (χ2n) is 8.52. The van der Waals surface area contributed by atoms with E-state index in [-0.39, 0.29) is 23.3 Å². The third kappa shape index (κ3) is 5.14. The predicted octanol–water partition coefficient (Wildman–Crippen LogP) is 3.16. The van der Waals surface area contributed by atoms with Crippen LogP contribution < -0.4 is 10.1 Å². The van der Waals surface area contributed by atoms with Gasteiger partial charge in [0.25, 0.3) is 0 Å². The smallest absolute Gasteiger partial charge is 0.243 e.